The highest BCUT2D eigenvalue weighted by Crippen LogP contribution is 2.09. The van der Waals surface area contributed by atoms with Crippen molar-refractivity contribution < 1.29 is 48.6 Å². The number of carbonyl (C=O) groups excluding carboxylic acids is 7. The number of guanidine groups is 2. The molecule has 0 heterocycles. The van der Waals surface area contributed by atoms with E-state index >= 15 is 0 Å². The van der Waals surface area contributed by atoms with Crippen LogP contribution >= 0.6 is 0 Å². The van der Waals surface area contributed by atoms with Crippen LogP contribution in [0.1, 0.15) is 66.2 Å². The van der Waals surface area contributed by atoms with Gasteiger partial charge in [-0.1, -0.05) is 13.8 Å². The van der Waals surface area contributed by atoms with Gasteiger partial charge in [0, 0.05) is 13.1 Å². The molecule has 24 nitrogen and oxygen atoms in total. The number of aliphatic hydroxyl groups excluding tert-OH is 1. The fourth-order valence-corrected chi connectivity index (χ4v) is 4.68. The zero-order chi connectivity index (χ0) is 42.4. The molecule has 0 radical (unpaired) electrons. The first-order chi connectivity index (χ1) is 25.5. The number of hydrogen-bond donors (Lipinski definition) is 14. The van der Waals surface area contributed by atoms with Crippen molar-refractivity contribution in [1.82, 2.24) is 31.9 Å². The first kappa shape index (κ1) is 49.2. The number of carboxylic acids is 1. The third-order valence-electron chi connectivity index (χ3n) is 7.44. The van der Waals surface area contributed by atoms with Gasteiger partial charge in [0.15, 0.2) is 18.0 Å². The molecular weight excluding hydrogens is 728 g/mol. The average Bonchev–Trinajstić information content (AvgIpc) is 3.06. The van der Waals surface area contributed by atoms with Crippen LogP contribution in [0.15, 0.2) is 9.98 Å². The molecule has 0 spiro atoms. The lowest BCUT2D eigenvalue weighted by Gasteiger charge is -2.27. The van der Waals surface area contributed by atoms with E-state index in [4.69, 9.17) is 34.4 Å². The molecule has 24 heteroatoms. The summed E-state index contributed by atoms with van der Waals surface area (Å²) >= 11 is 0. The van der Waals surface area contributed by atoms with Crippen LogP contribution < -0.4 is 66.3 Å². The van der Waals surface area contributed by atoms with Crippen LogP contribution in [0.3, 0.4) is 0 Å². The predicted molar refractivity (Wildman–Crippen MR) is 199 cm³/mol. The third kappa shape index (κ3) is 21.5. The van der Waals surface area contributed by atoms with Crippen LogP contribution in [0.5, 0.6) is 0 Å². The van der Waals surface area contributed by atoms with Crippen molar-refractivity contribution in [3.63, 3.8) is 0 Å². The molecule has 0 bridgehead atoms. The zero-order valence-electron chi connectivity index (χ0n) is 31.5. The Bertz CT molecular complexity index is 1400. The van der Waals surface area contributed by atoms with Gasteiger partial charge in [-0.2, -0.15) is 0 Å². The normalized spacial score (nSPS) is 14.6. The summed E-state index contributed by atoms with van der Waals surface area (Å²) in [6.45, 7) is 5.47. The van der Waals surface area contributed by atoms with Gasteiger partial charge in [-0.15, -0.1) is 0 Å². The second-order valence-electron chi connectivity index (χ2n) is 13.1. The number of nitrogens with one attached hydrogen (secondary N) is 6. The third-order valence-corrected chi connectivity index (χ3v) is 7.44. The topological polar surface area (TPSA) is 430 Å². The molecule has 20 N–H and O–H groups in total. The molecule has 0 aliphatic rings. The standard InChI is InChI=1S/C31H58N14O10/c1-14(2)11-19(27(52)43-18(8-6-10-39-31(36)37)26(51)45-23(16(4)46)29(54)55)44-28(53)20(12-21(33)47)41-22(48)13-40-25(50)17(42-24(49)15(3)32)7-5-9-38-30(34)35/h14-20,23,46H,5-13,32H2,1-4H3,(H2,33,47)(H,40,50)(H,41,48)(H,42,49)(H,43,52)(H,44,53)(H,45,51)(H,54,55)(H4,34,35,38)(H4,36,37,39)/t15-,16+,17-,18-,19-,20-,23-/m0/s1. The lowest BCUT2D eigenvalue weighted by molar-refractivity contribution is -0.145. The molecule has 0 fully saturated rings. The molecule has 312 valence electrons. The molecular formula is C31H58N14O10. The van der Waals surface area contributed by atoms with E-state index in [-0.39, 0.29) is 63.0 Å². The summed E-state index contributed by atoms with van der Waals surface area (Å²) < 4.78 is 0. The zero-order valence-corrected chi connectivity index (χ0v) is 31.5. The maximum Gasteiger partial charge on any atom is 0.328 e. The summed E-state index contributed by atoms with van der Waals surface area (Å²) in [5, 5.41) is 33.4. The molecule has 0 saturated heterocycles. The van der Waals surface area contributed by atoms with Crippen molar-refractivity contribution in [3.05, 3.63) is 0 Å². The van der Waals surface area contributed by atoms with E-state index in [9.17, 15) is 48.6 Å². The molecule has 0 rings (SSSR count). The number of rotatable bonds is 26. The maximum atomic E-state index is 13.6. The Kier molecular flexibility index (Phi) is 22.6. The molecule has 7 amide bonds. The Hall–Kier alpha value is -5.78. The van der Waals surface area contributed by atoms with Crippen molar-refractivity contribution >= 4 is 59.2 Å². The molecule has 0 saturated carbocycles. The highest BCUT2D eigenvalue weighted by Gasteiger charge is 2.33. The quantitative estimate of drug-likeness (QED) is 0.0220. The van der Waals surface area contributed by atoms with Crippen molar-refractivity contribution in [2.45, 2.75) is 109 Å². The minimum atomic E-state index is -1.71. The number of carbonyl (C=O) groups is 8. The fourth-order valence-electron chi connectivity index (χ4n) is 4.68. The van der Waals surface area contributed by atoms with E-state index in [0.29, 0.717) is 0 Å². The average molecular weight is 787 g/mol. The van der Waals surface area contributed by atoms with E-state index in [1.165, 1.54) is 6.92 Å². The molecule has 0 aromatic heterocycles. The second-order valence-corrected chi connectivity index (χ2v) is 13.1. The lowest BCUT2D eigenvalue weighted by Crippen LogP contribution is -2.59. The lowest BCUT2D eigenvalue weighted by atomic mass is 10.0. The van der Waals surface area contributed by atoms with E-state index in [0.717, 1.165) is 6.92 Å². The van der Waals surface area contributed by atoms with E-state index in [2.05, 4.69) is 41.9 Å². The Labute approximate surface area is 318 Å². The summed E-state index contributed by atoms with van der Waals surface area (Å²) in [6.07, 6.45) is -1.84. The number of aliphatic hydroxyl groups is 1. The number of amides is 7. The van der Waals surface area contributed by atoms with Gasteiger partial charge in [0.05, 0.1) is 25.1 Å². The van der Waals surface area contributed by atoms with Crippen LogP contribution in [-0.4, -0.2) is 131 Å². The van der Waals surface area contributed by atoms with Crippen LogP contribution in [0.4, 0.5) is 0 Å². The summed E-state index contributed by atoms with van der Waals surface area (Å²) in [6, 6.07) is -8.17. The maximum absolute atomic E-state index is 13.6. The van der Waals surface area contributed by atoms with Crippen molar-refractivity contribution in [3.8, 4) is 0 Å². The Morgan fingerprint density at radius 2 is 1.07 bits per heavy atom. The highest BCUT2D eigenvalue weighted by molar-refractivity contribution is 5.97. The van der Waals surface area contributed by atoms with Gasteiger partial charge in [0.1, 0.15) is 24.2 Å². The molecule has 0 aliphatic carbocycles. The highest BCUT2D eigenvalue weighted by atomic mass is 16.4. The number of hydrogen-bond acceptors (Lipinski definition) is 12. The Balaban J connectivity index is 5.99. The fraction of sp³-hybridized carbons (Fsp3) is 0.677. The van der Waals surface area contributed by atoms with E-state index in [1.807, 2.05) is 0 Å². The number of carboxylic acid groups (broad SMARTS) is 1. The monoisotopic (exact) mass is 786 g/mol. The van der Waals surface area contributed by atoms with E-state index in [1.54, 1.807) is 13.8 Å². The van der Waals surface area contributed by atoms with Gasteiger partial charge >= 0.3 is 5.97 Å². The largest absolute Gasteiger partial charge is 0.480 e. The van der Waals surface area contributed by atoms with Crippen LogP contribution in [0.2, 0.25) is 0 Å². The molecule has 0 aromatic rings. The first-order valence-electron chi connectivity index (χ1n) is 17.4. The van der Waals surface area contributed by atoms with E-state index < -0.39 is 103 Å². The molecule has 0 unspecified atom stereocenters. The summed E-state index contributed by atoms with van der Waals surface area (Å²) in [7, 11) is 0. The number of aliphatic imine (C=N–C) groups is 2. The van der Waals surface area contributed by atoms with Crippen molar-refractivity contribution in [2.75, 3.05) is 19.6 Å². The number of nitrogens with zero attached hydrogens (tertiary/aromatic N) is 2. The first-order valence-corrected chi connectivity index (χ1v) is 17.4. The van der Waals surface area contributed by atoms with Gasteiger partial charge in [-0.25, -0.2) is 4.79 Å². The van der Waals surface area contributed by atoms with Crippen LogP contribution in [-0.2, 0) is 38.4 Å². The van der Waals surface area contributed by atoms with Crippen molar-refractivity contribution in [1.29, 1.82) is 0 Å². The van der Waals surface area contributed by atoms with Gasteiger partial charge in [0.2, 0.25) is 41.4 Å². The smallest absolute Gasteiger partial charge is 0.328 e. The molecule has 0 aliphatic heterocycles. The Morgan fingerprint density at radius 3 is 1.51 bits per heavy atom. The SMILES string of the molecule is CC(C)C[C@H](NC(=O)[C@H](CC(N)=O)NC(=O)CNC(=O)[C@H](CCCN=C(N)N)NC(=O)[C@H](C)N)C(=O)N[C@@H](CCCN=C(N)N)C(=O)N[C@H](C(=O)O)[C@@H](C)O. The van der Waals surface area contributed by atoms with Crippen LogP contribution in [0.25, 0.3) is 0 Å². The predicted octanol–water partition coefficient (Wildman–Crippen LogP) is -6.63. The second kappa shape index (κ2) is 25.3. The molecule has 55 heavy (non-hydrogen) atoms. The summed E-state index contributed by atoms with van der Waals surface area (Å²) in [4.78, 5) is 109. The number of nitrogens with two attached hydrogens (primary N) is 6. The van der Waals surface area contributed by atoms with Crippen LogP contribution in [0, 0.1) is 5.92 Å². The number of primary amides is 1. The van der Waals surface area contributed by atoms with Gasteiger partial charge < -0.3 is 76.5 Å². The van der Waals surface area contributed by atoms with Gasteiger partial charge in [-0.05, 0) is 51.9 Å². The minimum absolute atomic E-state index is 0.00363. The van der Waals surface area contributed by atoms with Gasteiger partial charge in [0.25, 0.3) is 0 Å². The summed E-state index contributed by atoms with van der Waals surface area (Å²) in [5.41, 5.74) is 32.2. The minimum Gasteiger partial charge on any atom is -0.480 e. The van der Waals surface area contributed by atoms with Crippen molar-refractivity contribution in [2.24, 2.45) is 50.3 Å². The Morgan fingerprint density at radius 1 is 0.618 bits per heavy atom. The number of aliphatic carboxylic acids is 1. The molecule has 7 atom stereocenters. The van der Waals surface area contributed by atoms with Gasteiger partial charge in [-0.3, -0.25) is 43.5 Å². The summed E-state index contributed by atoms with van der Waals surface area (Å²) in [5.74, 6) is -8.40. The molecule has 0 aromatic carbocycles.